The van der Waals surface area contributed by atoms with Gasteiger partial charge in [-0.2, -0.15) is 0 Å². The first-order valence-corrected chi connectivity index (χ1v) is 11.6. The number of ether oxygens (including phenoxy) is 1. The number of nitrogens with zero attached hydrogens (tertiary/aromatic N) is 1. The van der Waals surface area contributed by atoms with Crippen LogP contribution in [0.4, 0.5) is 5.69 Å². The van der Waals surface area contributed by atoms with Crippen LogP contribution in [-0.4, -0.2) is 49.2 Å². The van der Waals surface area contributed by atoms with Crippen molar-refractivity contribution in [2.45, 2.75) is 56.6 Å². The largest absolute Gasteiger partial charge is 0.451 e. The van der Waals surface area contributed by atoms with Crippen molar-refractivity contribution in [1.82, 2.24) is 4.90 Å². The van der Waals surface area contributed by atoms with Crippen LogP contribution in [0.3, 0.4) is 0 Å². The van der Waals surface area contributed by atoms with Crippen molar-refractivity contribution in [3.8, 4) is 0 Å². The smallest absolute Gasteiger partial charge is 0.329 e. The van der Waals surface area contributed by atoms with Gasteiger partial charge in [0.1, 0.15) is 6.04 Å². The number of anilines is 1. The summed E-state index contributed by atoms with van der Waals surface area (Å²) in [5, 5.41) is 7.51. The molecule has 10 nitrogen and oxygen atoms in total. The number of carbonyl (C=O) groups excluding carboxylic acids is 4. The van der Waals surface area contributed by atoms with E-state index in [1.807, 2.05) is 0 Å². The van der Waals surface area contributed by atoms with Crippen LogP contribution in [0.25, 0.3) is 0 Å². The number of sulfonamides is 1. The molecule has 1 saturated carbocycles. The minimum atomic E-state index is -3.95. The SMILES string of the molecule is CC(OC(=O)[C@H](C)N1C(=O)C2CCCCC2C1=O)C(=O)Nc1cccc(S(N)(=O)=O)c1. The molecule has 3 amide bonds. The average Bonchev–Trinajstić information content (AvgIpc) is 2.97. The molecule has 3 rings (SSSR count). The monoisotopic (exact) mass is 451 g/mol. The third-order valence-corrected chi connectivity index (χ3v) is 6.61. The fourth-order valence-electron chi connectivity index (χ4n) is 4.00. The maximum Gasteiger partial charge on any atom is 0.329 e. The molecule has 1 heterocycles. The van der Waals surface area contributed by atoms with Crippen LogP contribution in [0.15, 0.2) is 29.2 Å². The maximum absolute atomic E-state index is 12.6. The summed E-state index contributed by atoms with van der Waals surface area (Å²) in [7, 11) is -3.95. The molecule has 0 bridgehead atoms. The summed E-state index contributed by atoms with van der Waals surface area (Å²) in [6.07, 6.45) is 1.75. The van der Waals surface area contributed by atoms with Crippen LogP contribution in [0, 0.1) is 11.8 Å². The molecule has 31 heavy (non-hydrogen) atoms. The van der Waals surface area contributed by atoms with E-state index in [2.05, 4.69) is 5.32 Å². The van der Waals surface area contributed by atoms with Gasteiger partial charge in [-0.1, -0.05) is 18.9 Å². The van der Waals surface area contributed by atoms with Gasteiger partial charge < -0.3 is 10.1 Å². The fourth-order valence-corrected chi connectivity index (χ4v) is 4.56. The van der Waals surface area contributed by atoms with Gasteiger partial charge in [0.25, 0.3) is 5.91 Å². The number of likely N-dealkylation sites (tertiary alicyclic amines) is 1. The van der Waals surface area contributed by atoms with Crippen molar-refractivity contribution in [1.29, 1.82) is 0 Å². The topological polar surface area (TPSA) is 153 Å². The zero-order valence-corrected chi connectivity index (χ0v) is 18.1. The number of hydrogen-bond acceptors (Lipinski definition) is 7. The Balaban J connectivity index is 1.63. The Morgan fingerprint density at radius 2 is 1.71 bits per heavy atom. The number of amides is 3. The predicted molar refractivity (Wildman–Crippen MR) is 109 cm³/mol. The molecule has 1 aromatic rings. The first kappa shape index (κ1) is 22.9. The van der Waals surface area contributed by atoms with E-state index in [0.717, 1.165) is 17.7 Å². The van der Waals surface area contributed by atoms with Gasteiger partial charge in [0, 0.05) is 5.69 Å². The fraction of sp³-hybridized carbons (Fsp3) is 0.500. The van der Waals surface area contributed by atoms with Gasteiger partial charge in [-0.15, -0.1) is 0 Å². The molecule has 0 spiro atoms. The second kappa shape index (κ2) is 8.75. The number of imide groups is 1. The van der Waals surface area contributed by atoms with Crippen molar-refractivity contribution in [2.24, 2.45) is 17.0 Å². The predicted octanol–water partition coefficient (Wildman–Crippen LogP) is 0.768. The molecule has 0 radical (unpaired) electrons. The molecule has 2 fully saturated rings. The Morgan fingerprint density at radius 3 is 2.26 bits per heavy atom. The van der Waals surface area contributed by atoms with Gasteiger partial charge in [-0.05, 0) is 44.9 Å². The van der Waals surface area contributed by atoms with Crippen molar-refractivity contribution in [2.75, 3.05) is 5.32 Å². The van der Waals surface area contributed by atoms with Crippen LogP contribution in [0.1, 0.15) is 39.5 Å². The highest BCUT2D eigenvalue weighted by atomic mass is 32.2. The first-order valence-electron chi connectivity index (χ1n) is 10.0. The van der Waals surface area contributed by atoms with E-state index in [0.29, 0.717) is 12.8 Å². The summed E-state index contributed by atoms with van der Waals surface area (Å²) in [4.78, 5) is 50.9. The number of nitrogens with one attached hydrogen (secondary N) is 1. The van der Waals surface area contributed by atoms with Crippen molar-refractivity contribution in [3.05, 3.63) is 24.3 Å². The van der Waals surface area contributed by atoms with E-state index in [1.165, 1.54) is 38.1 Å². The molecule has 1 saturated heterocycles. The number of hydrogen-bond donors (Lipinski definition) is 2. The van der Waals surface area contributed by atoms with E-state index in [9.17, 15) is 27.6 Å². The molecule has 168 valence electrons. The average molecular weight is 452 g/mol. The van der Waals surface area contributed by atoms with Crippen LogP contribution >= 0.6 is 0 Å². The normalized spacial score (nSPS) is 23.1. The zero-order chi connectivity index (χ0) is 22.9. The molecular weight excluding hydrogens is 426 g/mol. The number of benzene rings is 1. The zero-order valence-electron chi connectivity index (χ0n) is 17.2. The van der Waals surface area contributed by atoms with Crippen LogP contribution < -0.4 is 10.5 Å². The summed E-state index contributed by atoms with van der Waals surface area (Å²) in [6.45, 7) is 2.73. The number of primary sulfonamides is 1. The summed E-state index contributed by atoms with van der Waals surface area (Å²) in [6, 6.07) is 4.16. The Kier molecular flexibility index (Phi) is 6.46. The molecule has 1 aromatic carbocycles. The van der Waals surface area contributed by atoms with Crippen molar-refractivity contribution in [3.63, 3.8) is 0 Å². The van der Waals surface area contributed by atoms with E-state index < -0.39 is 34.0 Å². The number of esters is 1. The maximum atomic E-state index is 12.6. The van der Waals surface area contributed by atoms with Gasteiger partial charge in [-0.3, -0.25) is 19.3 Å². The summed E-state index contributed by atoms with van der Waals surface area (Å²) in [5.41, 5.74) is 0.154. The van der Waals surface area contributed by atoms with Gasteiger partial charge in [0.05, 0.1) is 16.7 Å². The number of nitrogens with two attached hydrogens (primary N) is 1. The third-order valence-electron chi connectivity index (χ3n) is 5.70. The number of carbonyl (C=O) groups is 4. The molecule has 4 atom stereocenters. The lowest BCUT2D eigenvalue weighted by atomic mass is 9.81. The summed E-state index contributed by atoms with van der Waals surface area (Å²) >= 11 is 0. The second-order valence-corrected chi connectivity index (χ2v) is 9.42. The van der Waals surface area contributed by atoms with Crippen LogP contribution in [-0.2, 0) is 33.9 Å². The summed E-state index contributed by atoms with van der Waals surface area (Å²) < 4.78 is 28.0. The molecule has 0 aromatic heterocycles. The molecule has 1 aliphatic heterocycles. The highest BCUT2D eigenvalue weighted by Crippen LogP contribution is 2.39. The lowest BCUT2D eigenvalue weighted by Crippen LogP contribution is -2.46. The Labute approximate surface area is 180 Å². The van der Waals surface area contributed by atoms with Gasteiger partial charge in [0.2, 0.25) is 21.8 Å². The summed E-state index contributed by atoms with van der Waals surface area (Å²) in [5.74, 6) is -3.08. The minimum absolute atomic E-state index is 0.154. The van der Waals surface area contributed by atoms with Crippen molar-refractivity contribution >= 4 is 39.4 Å². The molecule has 3 N–H and O–H groups in total. The highest BCUT2D eigenvalue weighted by Gasteiger charge is 2.51. The standard InChI is InChI=1S/C20H25N3O7S/c1-11(23-18(25)15-8-3-4-9-16(15)19(23)26)20(27)30-12(2)17(24)22-13-6-5-7-14(10-13)31(21,28)29/h5-7,10-12,15-16H,3-4,8-9H2,1-2H3,(H,22,24)(H2,21,28,29)/t11-,12?,15?,16?/m0/s1. The quantitative estimate of drug-likeness (QED) is 0.478. The second-order valence-electron chi connectivity index (χ2n) is 7.86. The molecule has 3 unspecified atom stereocenters. The first-order chi connectivity index (χ1) is 14.5. The lowest BCUT2D eigenvalue weighted by molar-refractivity contribution is -0.163. The van der Waals surface area contributed by atoms with Gasteiger partial charge >= 0.3 is 5.97 Å². The van der Waals surface area contributed by atoms with Gasteiger partial charge in [-0.25, -0.2) is 18.4 Å². The Hall–Kier alpha value is -2.79. The lowest BCUT2D eigenvalue weighted by Gasteiger charge is -2.23. The van der Waals surface area contributed by atoms with Crippen molar-refractivity contribution < 1.29 is 32.3 Å². The number of rotatable bonds is 6. The Morgan fingerprint density at radius 1 is 1.13 bits per heavy atom. The molecule has 11 heteroatoms. The van der Waals surface area contributed by atoms with E-state index >= 15 is 0 Å². The third kappa shape index (κ3) is 4.77. The van der Waals surface area contributed by atoms with Crippen LogP contribution in [0.2, 0.25) is 0 Å². The molecule has 1 aliphatic carbocycles. The molecule has 2 aliphatic rings. The van der Waals surface area contributed by atoms with E-state index in [1.54, 1.807) is 0 Å². The van der Waals surface area contributed by atoms with Crippen LogP contribution in [0.5, 0.6) is 0 Å². The molecular formula is C20H25N3O7S. The van der Waals surface area contributed by atoms with Gasteiger partial charge in [0.15, 0.2) is 6.10 Å². The minimum Gasteiger partial charge on any atom is -0.451 e. The van der Waals surface area contributed by atoms with E-state index in [-0.39, 0.29) is 34.2 Å². The van der Waals surface area contributed by atoms with E-state index in [4.69, 9.17) is 9.88 Å². The Bertz CT molecular complexity index is 999. The highest BCUT2D eigenvalue weighted by molar-refractivity contribution is 7.89. The number of fused-ring (bicyclic) bond motifs is 1.